The van der Waals surface area contributed by atoms with Crippen LogP contribution in [0, 0.1) is 5.82 Å². The Hall–Kier alpha value is -1.17. The number of piperazine rings is 1. The van der Waals surface area contributed by atoms with Gasteiger partial charge in [-0.1, -0.05) is 6.07 Å². The number of ether oxygens (including phenoxy) is 1. The summed E-state index contributed by atoms with van der Waals surface area (Å²) in [5.41, 5.74) is 0.636. The summed E-state index contributed by atoms with van der Waals surface area (Å²) in [6.07, 6.45) is 0.873. The van der Waals surface area contributed by atoms with Crippen molar-refractivity contribution in [1.29, 1.82) is 0 Å². The van der Waals surface area contributed by atoms with Gasteiger partial charge in [0.25, 0.3) is 0 Å². The molecule has 21 heavy (non-hydrogen) atoms. The summed E-state index contributed by atoms with van der Waals surface area (Å²) in [5.74, 6) is 0.416. The van der Waals surface area contributed by atoms with Gasteiger partial charge in [-0.2, -0.15) is 0 Å². The molecule has 1 aliphatic heterocycles. The third-order valence-electron chi connectivity index (χ3n) is 4.26. The summed E-state index contributed by atoms with van der Waals surface area (Å²) in [7, 11) is 5.62. The molecular weight excluding hydrogens is 269 g/mol. The lowest BCUT2D eigenvalue weighted by Crippen LogP contribution is -2.45. The minimum Gasteiger partial charge on any atom is -0.496 e. The van der Waals surface area contributed by atoms with Crippen molar-refractivity contribution in [2.24, 2.45) is 0 Å². The van der Waals surface area contributed by atoms with Crippen molar-refractivity contribution < 1.29 is 9.13 Å². The lowest BCUT2D eigenvalue weighted by molar-refractivity contribution is 0.149. The van der Waals surface area contributed by atoms with Crippen LogP contribution in [0.4, 0.5) is 4.39 Å². The number of likely N-dealkylation sites (N-methyl/N-ethyl adjacent to an activating group) is 1. The summed E-state index contributed by atoms with van der Waals surface area (Å²) in [6.45, 7) is 5.35. The molecular formula is C16H26FN3O. The number of nitrogens with one attached hydrogen (secondary N) is 1. The first-order valence-electron chi connectivity index (χ1n) is 7.56. The van der Waals surface area contributed by atoms with Gasteiger partial charge >= 0.3 is 0 Å². The molecule has 0 radical (unpaired) electrons. The Morgan fingerprint density at radius 1 is 1.29 bits per heavy atom. The molecule has 1 aliphatic rings. The zero-order valence-electron chi connectivity index (χ0n) is 13.2. The number of hydrogen-bond acceptors (Lipinski definition) is 4. The number of nitrogens with zero attached hydrogens (tertiary/aromatic N) is 2. The van der Waals surface area contributed by atoms with E-state index in [0.717, 1.165) is 39.1 Å². The zero-order valence-corrected chi connectivity index (χ0v) is 13.2. The molecule has 0 aliphatic carbocycles. The maximum Gasteiger partial charge on any atom is 0.131 e. The van der Waals surface area contributed by atoms with Gasteiger partial charge in [-0.15, -0.1) is 0 Å². The van der Waals surface area contributed by atoms with E-state index >= 15 is 0 Å². The lowest BCUT2D eigenvalue weighted by Gasteiger charge is -2.33. The Bertz CT molecular complexity index is 447. The third-order valence-corrected chi connectivity index (χ3v) is 4.26. The average molecular weight is 295 g/mol. The molecule has 0 bridgehead atoms. The van der Waals surface area contributed by atoms with Gasteiger partial charge in [-0.25, -0.2) is 4.39 Å². The van der Waals surface area contributed by atoms with Gasteiger partial charge in [0.1, 0.15) is 11.6 Å². The van der Waals surface area contributed by atoms with Crippen LogP contribution in [0.15, 0.2) is 18.2 Å². The van der Waals surface area contributed by atoms with Crippen molar-refractivity contribution in [2.75, 3.05) is 53.9 Å². The molecule has 2 rings (SSSR count). The largest absolute Gasteiger partial charge is 0.496 e. The Morgan fingerprint density at radius 2 is 2.00 bits per heavy atom. The summed E-state index contributed by atoms with van der Waals surface area (Å²) >= 11 is 0. The lowest BCUT2D eigenvalue weighted by atomic mass is 10.0. The number of benzene rings is 1. The molecule has 1 atom stereocenters. The van der Waals surface area contributed by atoms with Gasteiger partial charge in [0.05, 0.1) is 7.11 Å². The van der Waals surface area contributed by atoms with E-state index in [9.17, 15) is 4.39 Å². The zero-order chi connectivity index (χ0) is 15.2. The van der Waals surface area contributed by atoms with E-state index in [1.165, 1.54) is 6.07 Å². The number of rotatable bonds is 6. The van der Waals surface area contributed by atoms with E-state index in [1.807, 2.05) is 13.1 Å². The van der Waals surface area contributed by atoms with E-state index in [0.29, 0.717) is 11.3 Å². The van der Waals surface area contributed by atoms with Crippen LogP contribution in [0.2, 0.25) is 0 Å². The second-order valence-corrected chi connectivity index (χ2v) is 5.63. The second kappa shape index (κ2) is 7.73. The number of hydrogen-bond donors (Lipinski definition) is 1. The molecule has 1 aromatic rings. The van der Waals surface area contributed by atoms with Crippen molar-refractivity contribution >= 4 is 0 Å². The van der Waals surface area contributed by atoms with Crippen LogP contribution in [0.1, 0.15) is 18.0 Å². The summed E-state index contributed by atoms with van der Waals surface area (Å²) < 4.78 is 19.5. The smallest absolute Gasteiger partial charge is 0.131 e. The van der Waals surface area contributed by atoms with Crippen LogP contribution < -0.4 is 10.1 Å². The maximum absolute atomic E-state index is 14.2. The molecule has 1 saturated heterocycles. The summed E-state index contributed by atoms with van der Waals surface area (Å²) in [5, 5.41) is 3.23. The highest BCUT2D eigenvalue weighted by Gasteiger charge is 2.21. The van der Waals surface area contributed by atoms with E-state index < -0.39 is 0 Å². The SMILES string of the molecule is CNC(CCN1CCN(C)CC1)c1c(F)cccc1OC. The Morgan fingerprint density at radius 3 is 2.62 bits per heavy atom. The fourth-order valence-electron chi connectivity index (χ4n) is 2.85. The van der Waals surface area contributed by atoms with Crippen LogP contribution >= 0.6 is 0 Å². The quantitative estimate of drug-likeness (QED) is 0.865. The van der Waals surface area contributed by atoms with Gasteiger partial charge in [0.15, 0.2) is 0 Å². The fourth-order valence-corrected chi connectivity index (χ4v) is 2.85. The van der Waals surface area contributed by atoms with Crippen LogP contribution in [0.3, 0.4) is 0 Å². The standard InChI is InChI=1S/C16H26FN3O/c1-18-14(7-8-20-11-9-19(2)10-12-20)16-13(17)5-4-6-15(16)21-3/h4-6,14,18H,7-12H2,1-3H3. The van der Waals surface area contributed by atoms with Gasteiger partial charge in [0.2, 0.25) is 0 Å². The van der Waals surface area contributed by atoms with Gasteiger partial charge in [-0.05, 0) is 32.6 Å². The van der Waals surface area contributed by atoms with E-state index in [1.54, 1.807) is 13.2 Å². The Labute approximate surface area is 126 Å². The molecule has 4 nitrogen and oxygen atoms in total. The molecule has 1 fully saturated rings. The predicted molar refractivity (Wildman–Crippen MR) is 83.3 cm³/mol. The molecule has 118 valence electrons. The van der Waals surface area contributed by atoms with Crippen molar-refractivity contribution in [3.05, 3.63) is 29.6 Å². The van der Waals surface area contributed by atoms with Crippen molar-refractivity contribution in [1.82, 2.24) is 15.1 Å². The molecule has 0 saturated carbocycles. The molecule has 0 amide bonds. The second-order valence-electron chi connectivity index (χ2n) is 5.63. The molecule has 1 heterocycles. The minimum atomic E-state index is -0.202. The Kier molecular flexibility index (Phi) is 5.96. The van der Waals surface area contributed by atoms with E-state index in [-0.39, 0.29) is 11.9 Å². The first-order chi connectivity index (χ1) is 10.2. The van der Waals surface area contributed by atoms with Crippen LogP contribution in [-0.2, 0) is 0 Å². The molecule has 1 N–H and O–H groups in total. The average Bonchev–Trinajstić information content (AvgIpc) is 2.50. The third kappa shape index (κ3) is 4.15. The summed E-state index contributed by atoms with van der Waals surface area (Å²) in [4.78, 5) is 4.78. The maximum atomic E-state index is 14.2. The minimum absolute atomic E-state index is 0.0270. The van der Waals surface area contributed by atoms with Gasteiger partial charge < -0.3 is 19.9 Å². The molecule has 0 aromatic heterocycles. The van der Waals surface area contributed by atoms with Gasteiger partial charge in [-0.3, -0.25) is 0 Å². The highest BCUT2D eigenvalue weighted by Crippen LogP contribution is 2.29. The van der Waals surface area contributed by atoms with E-state index in [2.05, 4.69) is 22.2 Å². The van der Waals surface area contributed by atoms with Crippen molar-refractivity contribution in [3.63, 3.8) is 0 Å². The van der Waals surface area contributed by atoms with Crippen molar-refractivity contribution in [2.45, 2.75) is 12.5 Å². The van der Waals surface area contributed by atoms with Crippen LogP contribution in [0.25, 0.3) is 0 Å². The van der Waals surface area contributed by atoms with E-state index in [4.69, 9.17) is 4.74 Å². The number of methoxy groups -OCH3 is 1. The predicted octanol–water partition coefficient (Wildman–Crippen LogP) is 1.73. The first-order valence-corrected chi connectivity index (χ1v) is 7.56. The van der Waals surface area contributed by atoms with Crippen LogP contribution in [0.5, 0.6) is 5.75 Å². The highest BCUT2D eigenvalue weighted by molar-refractivity contribution is 5.37. The molecule has 1 unspecified atom stereocenters. The normalized spacial score (nSPS) is 18.7. The topological polar surface area (TPSA) is 27.7 Å². The summed E-state index contributed by atoms with van der Waals surface area (Å²) in [6, 6.07) is 4.97. The monoisotopic (exact) mass is 295 g/mol. The van der Waals surface area contributed by atoms with Crippen LogP contribution in [-0.4, -0.2) is 63.7 Å². The molecule has 5 heteroatoms. The number of halogens is 1. The fraction of sp³-hybridized carbons (Fsp3) is 0.625. The van der Waals surface area contributed by atoms with Crippen molar-refractivity contribution in [3.8, 4) is 5.75 Å². The molecule has 0 spiro atoms. The first kappa shape index (κ1) is 16.2. The highest BCUT2D eigenvalue weighted by atomic mass is 19.1. The Balaban J connectivity index is 2.00. The van der Waals surface area contributed by atoms with Gasteiger partial charge in [0, 0.05) is 44.3 Å². The molecule has 1 aromatic carbocycles.